The summed E-state index contributed by atoms with van der Waals surface area (Å²) in [6.07, 6.45) is 0. The Morgan fingerprint density at radius 2 is 2.06 bits per heavy atom. The van der Waals surface area contributed by atoms with Crippen LogP contribution in [0.2, 0.25) is 10.0 Å². The molecule has 1 N–H and O–H groups in total. The molecule has 5 heteroatoms. The predicted octanol–water partition coefficient (Wildman–Crippen LogP) is 2.95. The summed E-state index contributed by atoms with van der Waals surface area (Å²) in [5, 5.41) is 4.27. The van der Waals surface area contributed by atoms with Crippen molar-refractivity contribution < 1.29 is 4.79 Å². The minimum absolute atomic E-state index is 0.0368. The van der Waals surface area contributed by atoms with Crippen LogP contribution in [0.15, 0.2) is 18.2 Å². The zero-order chi connectivity index (χ0) is 13.7. The van der Waals surface area contributed by atoms with Gasteiger partial charge in [-0.3, -0.25) is 4.79 Å². The van der Waals surface area contributed by atoms with Crippen LogP contribution in [0.3, 0.4) is 0 Å². The number of likely N-dealkylation sites (N-methyl/N-ethyl adjacent to an activating group) is 1. The van der Waals surface area contributed by atoms with Crippen LogP contribution in [-0.2, 0) is 11.3 Å². The van der Waals surface area contributed by atoms with Crippen LogP contribution in [0.1, 0.15) is 19.4 Å². The Bertz CT molecular complexity index is 421. The molecule has 0 atom stereocenters. The van der Waals surface area contributed by atoms with Crippen molar-refractivity contribution in [1.82, 2.24) is 10.2 Å². The van der Waals surface area contributed by atoms with Crippen molar-refractivity contribution in [1.29, 1.82) is 0 Å². The topological polar surface area (TPSA) is 32.3 Å². The van der Waals surface area contributed by atoms with Crippen molar-refractivity contribution in [3.8, 4) is 0 Å². The first-order valence-electron chi connectivity index (χ1n) is 5.81. The lowest BCUT2D eigenvalue weighted by Gasteiger charge is -2.19. The van der Waals surface area contributed by atoms with Gasteiger partial charge in [-0.25, -0.2) is 0 Å². The van der Waals surface area contributed by atoms with Gasteiger partial charge in [-0.15, -0.1) is 0 Å². The second kappa shape index (κ2) is 6.98. The maximum atomic E-state index is 11.8. The van der Waals surface area contributed by atoms with Crippen LogP contribution in [0.25, 0.3) is 0 Å². The first kappa shape index (κ1) is 15.3. The van der Waals surface area contributed by atoms with E-state index < -0.39 is 0 Å². The van der Waals surface area contributed by atoms with Gasteiger partial charge >= 0.3 is 0 Å². The summed E-state index contributed by atoms with van der Waals surface area (Å²) >= 11 is 11.9. The first-order valence-corrected chi connectivity index (χ1v) is 6.57. The summed E-state index contributed by atoms with van der Waals surface area (Å²) in [5.41, 5.74) is 0.890. The number of rotatable bonds is 5. The first-order chi connectivity index (χ1) is 8.40. The Morgan fingerprint density at radius 1 is 1.39 bits per heavy atom. The molecule has 0 heterocycles. The molecule has 0 unspecified atom stereocenters. The summed E-state index contributed by atoms with van der Waals surface area (Å²) in [5.74, 6) is 0.0368. The van der Waals surface area contributed by atoms with Crippen molar-refractivity contribution >= 4 is 29.1 Å². The van der Waals surface area contributed by atoms with Gasteiger partial charge in [0.05, 0.1) is 6.54 Å². The molecule has 100 valence electrons. The van der Waals surface area contributed by atoms with Crippen LogP contribution in [0.4, 0.5) is 0 Å². The average Bonchev–Trinajstić information content (AvgIpc) is 2.29. The molecule has 0 bridgehead atoms. The number of carbonyl (C=O) groups excluding carboxylic acids is 1. The van der Waals surface area contributed by atoms with Crippen molar-refractivity contribution in [3.05, 3.63) is 33.8 Å². The van der Waals surface area contributed by atoms with E-state index in [-0.39, 0.29) is 5.91 Å². The summed E-state index contributed by atoms with van der Waals surface area (Å²) < 4.78 is 0. The van der Waals surface area contributed by atoms with E-state index in [0.29, 0.717) is 29.2 Å². The Hall–Kier alpha value is -0.770. The highest BCUT2D eigenvalue weighted by atomic mass is 35.5. The van der Waals surface area contributed by atoms with Gasteiger partial charge in [0.2, 0.25) is 5.91 Å². The van der Waals surface area contributed by atoms with Gasteiger partial charge in [0.25, 0.3) is 0 Å². The van der Waals surface area contributed by atoms with E-state index >= 15 is 0 Å². The fourth-order valence-corrected chi connectivity index (χ4v) is 1.89. The third-order valence-electron chi connectivity index (χ3n) is 2.51. The number of nitrogens with zero attached hydrogens (tertiary/aromatic N) is 1. The smallest absolute Gasteiger partial charge is 0.236 e. The van der Waals surface area contributed by atoms with Crippen molar-refractivity contribution in [3.63, 3.8) is 0 Å². The highest BCUT2D eigenvalue weighted by Gasteiger charge is 2.11. The van der Waals surface area contributed by atoms with Gasteiger partial charge in [0, 0.05) is 29.7 Å². The molecule has 0 saturated heterocycles. The summed E-state index contributed by atoms with van der Waals surface area (Å²) in [7, 11) is 1.76. The van der Waals surface area contributed by atoms with Crippen molar-refractivity contribution in [2.45, 2.75) is 26.4 Å². The molecule has 0 spiro atoms. The number of hydrogen-bond acceptors (Lipinski definition) is 2. The van der Waals surface area contributed by atoms with Crippen LogP contribution in [-0.4, -0.2) is 30.4 Å². The lowest BCUT2D eigenvalue weighted by molar-refractivity contribution is -0.129. The molecule has 0 radical (unpaired) electrons. The second-order valence-electron chi connectivity index (χ2n) is 4.52. The van der Waals surface area contributed by atoms with Crippen LogP contribution < -0.4 is 5.32 Å². The highest BCUT2D eigenvalue weighted by molar-refractivity contribution is 6.35. The normalized spacial score (nSPS) is 10.8. The summed E-state index contributed by atoms with van der Waals surface area (Å²) in [6.45, 7) is 4.82. The minimum atomic E-state index is 0.0368. The molecular formula is C13H18Cl2N2O. The Labute approximate surface area is 118 Å². The third-order valence-corrected chi connectivity index (χ3v) is 3.10. The lowest BCUT2D eigenvalue weighted by Crippen LogP contribution is -2.37. The van der Waals surface area contributed by atoms with Gasteiger partial charge in [0.1, 0.15) is 0 Å². The van der Waals surface area contributed by atoms with Gasteiger partial charge in [-0.1, -0.05) is 43.1 Å². The molecule has 18 heavy (non-hydrogen) atoms. The average molecular weight is 289 g/mol. The molecule has 1 aromatic rings. The summed E-state index contributed by atoms with van der Waals surface area (Å²) in [4.78, 5) is 13.5. The van der Waals surface area contributed by atoms with Crippen molar-refractivity contribution in [2.75, 3.05) is 13.6 Å². The quantitative estimate of drug-likeness (QED) is 0.904. The largest absolute Gasteiger partial charge is 0.340 e. The second-order valence-corrected chi connectivity index (χ2v) is 5.36. The van der Waals surface area contributed by atoms with E-state index in [1.165, 1.54) is 0 Å². The molecule has 0 saturated carbocycles. The highest BCUT2D eigenvalue weighted by Crippen LogP contribution is 2.21. The molecule has 0 aliphatic heterocycles. The number of halogens is 2. The molecule has 3 nitrogen and oxygen atoms in total. The molecule has 0 aromatic heterocycles. The Kier molecular flexibility index (Phi) is 5.93. The number of benzene rings is 1. The number of carbonyl (C=O) groups is 1. The Morgan fingerprint density at radius 3 is 2.61 bits per heavy atom. The fourth-order valence-electron chi connectivity index (χ4n) is 1.42. The summed E-state index contributed by atoms with van der Waals surface area (Å²) in [6, 6.07) is 5.59. The van der Waals surface area contributed by atoms with Gasteiger partial charge in [-0.05, 0) is 17.7 Å². The van der Waals surface area contributed by atoms with Crippen molar-refractivity contribution in [2.24, 2.45) is 0 Å². The molecule has 1 aromatic carbocycles. The zero-order valence-corrected chi connectivity index (χ0v) is 12.3. The SMILES string of the molecule is CC(C)NCC(=O)N(C)Cc1ccc(Cl)cc1Cl. The lowest BCUT2D eigenvalue weighted by atomic mass is 10.2. The fraction of sp³-hybridized carbons (Fsp3) is 0.462. The van der Waals surface area contributed by atoms with E-state index in [4.69, 9.17) is 23.2 Å². The van der Waals surface area contributed by atoms with Crippen LogP contribution in [0.5, 0.6) is 0 Å². The minimum Gasteiger partial charge on any atom is -0.340 e. The molecule has 1 amide bonds. The monoisotopic (exact) mass is 288 g/mol. The van der Waals surface area contributed by atoms with E-state index in [2.05, 4.69) is 5.32 Å². The van der Waals surface area contributed by atoms with Gasteiger partial charge in [0.15, 0.2) is 0 Å². The molecule has 0 aliphatic rings. The van der Waals surface area contributed by atoms with E-state index in [1.54, 1.807) is 24.1 Å². The maximum absolute atomic E-state index is 11.8. The number of nitrogens with one attached hydrogen (secondary N) is 1. The molecular weight excluding hydrogens is 271 g/mol. The molecule has 0 aliphatic carbocycles. The molecule has 1 rings (SSSR count). The van der Waals surface area contributed by atoms with Gasteiger partial charge in [-0.2, -0.15) is 0 Å². The zero-order valence-electron chi connectivity index (χ0n) is 10.8. The number of amides is 1. The predicted molar refractivity (Wildman–Crippen MR) is 76.1 cm³/mol. The third kappa shape index (κ3) is 4.84. The van der Waals surface area contributed by atoms with Crippen LogP contribution in [0, 0.1) is 0 Å². The molecule has 0 fully saturated rings. The number of hydrogen-bond donors (Lipinski definition) is 1. The standard InChI is InChI=1S/C13H18Cl2N2O/c1-9(2)16-7-13(18)17(3)8-10-4-5-11(14)6-12(10)15/h4-6,9,16H,7-8H2,1-3H3. The van der Waals surface area contributed by atoms with E-state index in [1.807, 2.05) is 19.9 Å². The van der Waals surface area contributed by atoms with E-state index in [9.17, 15) is 4.79 Å². The van der Waals surface area contributed by atoms with E-state index in [0.717, 1.165) is 5.56 Å². The van der Waals surface area contributed by atoms with Gasteiger partial charge < -0.3 is 10.2 Å². The van der Waals surface area contributed by atoms with Crippen LogP contribution >= 0.6 is 23.2 Å². The Balaban J connectivity index is 2.58. The maximum Gasteiger partial charge on any atom is 0.236 e.